The minimum atomic E-state index is -0.851. The van der Waals surface area contributed by atoms with Crippen LogP contribution in [0.3, 0.4) is 0 Å². The Morgan fingerprint density at radius 1 is 1.32 bits per heavy atom. The van der Waals surface area contributed by atoms with Crippen LogP contribution >= 0.6 is 15.9 Å². The van der Waals surface area contributed by atoms with Crippen molar-refractivity contribution >= 4 is 27.8 Å². The molecule has 1 aromatic rings. The van der Waals surface area contributed by atoms with Crippen LogP contribution in [0.1, 0.15) is 23.7 Å². The average molecular weight is 370 g/mol. The number of halogens is 1. The van der Waals surface area contributed by atoms with Gasteiger partial charge >= 0.3 is 5.97 Å². The number of aliphatic carboxylic acids is 1. The van der Waals surface area contributed by atoms with E-state index in [1.54, 1.807) is 17.0 Å². The van der Waals surface area contributed by atoms with Gasteiger partial charge in [-0.1, -0.05) is 6.92 Å². The van der Waals surface area contributed by atoms with E-state index in [9.17, 15) is 14.7 Å². The SMILES string of the molecule is CC1CC(C(=O)O)CN(C(=O)c2cc(Br)c3c(c2)OCO3)C1. The molecular formula is C15H16BrNO5. The van der Waals surface area contributed by atoms with E-state index in [4.69, 9.17) is 9.47 Å². The molecule has 1 aromatic carbocycles. The number of carbonyl (C=O) groups excluding carboxylic acids is 1. The van der Waals surface area contributed by atoms with Crippen molar-refractivity contribution in [2.24, 2.45) is 11.8 Å². The number of hydrogen-bond donors (Lipinski definition) is 1. The van der Waals surface area contributed by atoms with Crippen molar-refractivity contribution in [2.45, 2.75) is 13.3 Å². The first-order valence-electron chi connectivity index (χ1n) is 7.07. The molecule has 2 atom stereocenters. The second kappa shape index (κ2) is 5.79. The predicted molar refractivity (Wildman–Crippen MR) is 81.1 cm³/mol. The maximum atomic E-state index is 12.7. The number of ether oxygens (including phenoxy) is 2. The molecule has 1 amide bonds. The van der Waals surface area contributed by atoms with Crippen molar-refractivity contribution in [2.75, 3.05) is 19.9 Å². The Morgan fingerprint density at radius 3 is 2.82 bits per heavy atom. The number of benzene rings is 1. The standard InChI is InChI=1S/C15H16BrNO5/c1-8-2-10(15(19)20)6-17(5-8)14(18)9-3-11(16)13-12(4-9)21-7-22-13/h3-4,8,10H,2,5-7H2,1H3,(H,19,20). The fourth-order valence-corrected chi connectivity index (χ4v) is 3.53. The first kappa shape index (κ1) is 15.1. The molecule has 1 saturated heterocycles. The number of hydrogen-bond acceptors (Lipinski definition) is 4. The molecule has 118 valence electrons. The summed E-state index contributed by atoms with van der Waals surface area (Å²) in [7, 11) is 0. The number of carbonyl (C=O) groups is 2. The summed E-state index contributed by atoms with van der Waals surface area (Å²) in [5.74, 6) is -0.265. The normalized spacial score (nSPS) is 23.5. The number of piperidine rings is 1. The van der Waals surface area contributed by atoms with Gasteiger partial charge in [0.2, 0.25) is 6.79 Å². The molecule has 0 spiro atoms. The van der Waals surface area contributed by atoms with Gasteiger partial charge in [-0.05, 0) is 40.4 Å². The zero-order chi connectivity index (χ0) is 15.9. The van der Waals surface area contributed by atoms with Crippen molar-refractivity contribution in [3.8, 4) is 11.5 Å². The van der Waals surface area contributed by atoms with E-state index < -0.39 is 11.9 Å². The van der Waals surface area contributed by atoms with Crippen molar-refractivity contribution in [1.29, 1.82) is 0 Å². The van der Waals surface area contributed by atoms with Gasteiger partial charge in [0.1, 0.15) is 0 Å². The summed E-state index contributed by atoms with van der Waals surface area (Å²) in [4.78, 5) is 25.5. The quantitative estimate of drug-likeness (QED) is 0.865. The molecule has 2 aliphatic heterocycles. The second-order valence-corrected chi connectivity index (χ2v) is 6.63. The highest BCUT2D eigenvalue weighted by Crippen LogP contribution is 2.40. The van der Waals surface area contributed by atoms with Gasteiger partial charge in [0.25, 0.3) is 5.91 Å². The van der Waals surface area contributed by atoms with Crippen LogP contribution in [0.5, 0.6) is 11.5 Å². The van der Waals surface area contributed by atoms with Crippen LogP contribution < -0.4 is 9.47 Å². The molecule has 3 rings (SSSR count). The highest BCUT2D eigenvalue weighted by atomic mass is 79.9. The lowest BCUT2D eigenvalue weighted by Gasteiger charge is -2.34. The van der Waals surface area contributed by atoms with E-state index in [-0.39, 0.29) is 25.2 Å². The molecule has 0 bridgehead atoms. The van der Waals surface area contributed by atoms with E-state index in [1.807, 2.05) is 6.92 Å². The molecule has 0 aromatic heterocycles. The number of rotatable bonds is 2. The van der Waals surface area contributed by atoms with Gasteiger partial charge in [0, 0.05) is 18.7 Å². The first-order valence-corrected chi connectivity index (χ1v) is 7.86. The van der Waals surface area contributed by atoms with E-state index in [1.165, 1.54) is 0 Å². The molecule has 0 aliphatic carbocycles. The van der Waals surface area contributed by atoms with Crippen molar-refractivity contribution in [3.63, 3.8) is 0 Å². The topological polar surface area (TPSA) is 76.1 Å². The zero-order valence-corrected chi connectivity index (χ0v) is 13.6. The molecule has 22 heavy (non-hydrogen) atoms. The second-order valence-electron chi connectivity index (χ2n) is 5.78. The van der Waals surface area contributed by atoms with Gasteiger partial charge in [0.15, 0.2) is 11.5 Å². The summed E-state index contributed by atoms with van der Waals surface area (Å²) < 4.78 is 11.3. The summed E-state index contributed by atoms with van der Waals surface area (Å²) >= 11 is 3.37. The highest BCUT2D eigenvalue weighted by molar-refractivity contribution is 9.10. The largest absolute Gasteiger partial charge is 0.481 e. The van der Waals surface area contributed by atoms with Crippen LogP contribution in [0.25, 0.3) is 0 Å². The molecule has 2 aliphatic rings. The number of fused-ring (bicyclic) bond motifs is 1. The van der Waals surface area contributed by atoms with Crippen LogP contribution in [-0.2, 0) is 4.79 Å². The predicted octanol–water partition coefficient (Wildman–Crippen LogP) is 2.36. The van der Waals surface area contributed by atoms with Crippen LogP contribution in [0.4, 0.5) is 0 Å². The number of nitrogens with zero attached hydrogens (tertiary/aromatic N) is 1. The minimum absolute atomic E-state index is 0.132. The lowest BCUT2D eigenvalue weighted by molar-refractivity contribution is -0.143. The molecule has 1 fully saturated rings. The fourth-order valence-electron chi connectivity index (χ4n) is 2.97. The van der Waals surface area contributed by atoms with E-state index in [2.05, 4.69) is 15.9 Å². The third-order valence-electron chi connectivity index (χ3n) is 3.97. The maximum absolute atomic E-state index is 12.7. The molecule has 1 N–H and O–H groups in total. The fraction of sp³-hybridized carbons (Fsp3) is 0.467. The Balaban J connectivity index is 1.84. The molecule has 0 radical (unpaired) electrons. The lowest BCUT2D eigenvalue weighted by Crippen LogP contribution is -2.45. The molecule has 2 heterocycles. The highest BCUT2D eigenvalue weighted by Gasteiger charge is 2.33. The summed E-state index contributed by atoms with van der Waals surface area (Å²) in [5, 5.41) is 9.22. The summed E-state index contributed by atoms with van der Waals surface area (Å²) in [6.07, 6.45) is 0.601. The molecule has 2 unspecified atom stereocenters. The lowest BCUT2D eigenvalue weighted by atomic mass is 9.90. The third-order valence-corrected chi connectivity index (χ3v) is 4.56. The Bertz CT molecular complexity index is 633. The molecule has 0 saturated carbocycles. The summed E-state index contributed by atoms with van der Waals surface area (Å²) in [6.45, 7) is 2.90. The van der Waals surface area contributed by atoms with Gasteiger partial charge in [0.05, 0.1) is 10.4 Å². The number of carboxylic acid groups (broad SMARTS) is 1. The number of amides is 1. The smallest absolute Gasteiger partial charge is 0.308 e. The Morgan fingerprint density at radius 2 is 2.09 bits per heavy atom. The Hall–Kier alpha value is -1.76. The minimum Gasteiger partial charge on any atom is -0.481 e. The van der Waals surface area contributed by atoms with E-state index in [0.29, 0.717) is 34.5 Å². The number of carboxylic acids is 1. The first-order chi connectivity index (χ1) is 10.5. The van der Waals surface area contributed by atoms with Crippen molar-refractivity contribution in [3.05, 3.63) is 22.2 Å². The Kier molecular flexibility index (Phi) is 3.99. The summed E-state index contributed by atoms with van der Waals surface area (Å²) in [5.41, 5.74) is 0.467. The van der Waals surface area contributed by atoms with Crippen molar-refractivity contribution in [1.82, 2.24) is 4.90 Å². The monoisotopic (exact) mass is 369 g/mol. The molecule has 7 heteroatoms. The van der Waals surface area contributed by atoms with E-state index >= 15 is 0 Å². The van der Waals surface area contributed by atoms with Crippen LogP contribution in [-0.4, -0.2) is 41.8 Å². The summed E-state index contributed by atoms with van der Waals surface area (Å²) in [6, 6.07) is 3.33. The molecular weight excluding hydrogens is 354 g/mol. The van der Waals surface area contributed by atoms with Gasteiger partial charge < -0.3 is 19.5 Å². The van der Waals surface area contributed by atoms with Gasteiger partial charge in [-0.2, -0.15) is 0 Å². The van der Waals surface area contributed by atoms with Crippen LogP contribution in [0.15, 0.2) is 16.6 Å². The number of likely N-dealkylation sites (tertiary alicyclic amines) is 1. The average Bonchev–Trinajstić information content (AvgIpc) is 2.94. The van der Waals surface area contributed by atoms with Gasteiger partial charge in [-0.3, -0.25) is 9.59 Å². The third kappa shape index (κ3) is 2.77. The van der Waals surface area contributed by atoms with Gasteiger partial charge in [-0.25, -0.2) is 0 Å². The van der Waals surface area contributed by atoms with Crippen molar-refractivity contribution < 1.29 is 24.2 Å². The van der Waals surface area contributed by atoms with Crippen LogP contribution in [0.2, 0.25) is 0 Å². The van der Waals surface area contributed by atoms with E-state index in [0.717, 1.165) is 0 Å². The maximum Gasteiger partial charge on any atom is 0.308 e. The Labute approximate surface area is 136 Å². The zero-order valence-electron chi connectivity index (χ0n) is 12.0. The van der Waals surface area contributed by atoms with Crippen LogP contribution in [0, 0.1) is 11.8 Å². The molecule has 6 nitrogen and oxygen atoms in total. The van der Waals surface area contributed by atoms with Gasteiger partial charge in [-0.15, -0.1) is 0 Å².